The highest BCUT2D eigenvalue weighted by Gasteiger charge is 2.34. The van der Waals surface area contributed by atoms with E-state index in [2.05, 4.69) is 0 Å². The lowest BCUT2D eigenvalue weighted by Crippen LogP contribution is -2.48. The molecule has 1 aliphatic heterocycles. The van der Waals surface area contributed by atoms with E-state index in [0.717, 1.165) is 38.5 Å². The van der Waals surface area contributed by atoms with E-state index in [9.17, 15) is 9.59 Å². The summed E-state index contributed by atoms with van der Waals surface area (Å²) in [5, 5.41) is 0. The zero-order valence-corrected chi connectivity index (χ0v) is 13.4. The second-order valence-electron chi connectivity index (χ2n) is 6.74. The summed E-state index contributed by atoms with van der Waals surface area (Å²) in [6, 6.07) is 0.0149. The zero-order valence-electron chi connectivity index (χ0n) is 13.4. The third-order valence-electron chi connectivity index (χ3n) is 4.98. The molecule has 2 rings (SSSR count). The molecule has 0 bridgehead atoms. The van der Waals surface area contributed by atoms with Crippen LogP contribution in [0.2, 0.25) is 0 Å². The Morgan fingerprint density at radius 3 is 2.24 bits per heavy atom. The van der Waals surface area contributed by atoms with Crippen molar-refractivity contribution in [2.75, 3.05) is 27.2 Å². The van der Waals surface area contributed by atoms with Crippen LogP contribution in [0, 0.1) is 11.8 Å². The Hall–Kier alpha value is -1.10. The molecule has 2 atom stereocenters. The van der Waals surface area contributed by atoms with Gasteiger partial charge in [0.25, 0.3) is 0 Å². The Bertz CT molecular complexity index is 376. The standard InChI is InChI=1S/C16H29N3O2/c1-18(2)15(20)12-8-10-19(11-9-12)16(21)13-6-4-3-5-7-14(13)17/h12-14H,3-11,17H2,1-2H3. The number of likely N-dealkylation sites (tertiary alicyclic amines) is 1. The van der Waals surface area contributed by atoms with Crippen LogP contribution in [0.5, 0.6) is 0 Å². The van der Waals surface area contributed by atoms with Crippen LogP contribution in [0.3, 0.4) is 0 Å². The molecule has 0 spiro atoms. The molecular formula is C16H29N3O2. The van der Waals surface area contributed by atoms with Gasteiger partial charge in [-0.3, -0.25) is 9.59 Å². The van der Waals surface area contributed by atoms with Gasteiger partial charge >= 0.3 is 0 Å². The minimum absolute atomic E-state index is 0.00593. The van der Waals surface area contributed by atoms with Crippen LogP contribution in [0.15, 0.2) is 0 Å². The van der Waals surface area contributed by atoms with Gasteiger partial charge in [0.15, 0.2) is 0 Å². The number of hydrogen-bond donors (Lipinski definition) is 1. The molecule has 5 heteroatoms. The fraction of sp³-hybridized carbons (Fsp3) is 0.875. The van der Waals surface area contributed by atoms with Gasteiger partial charge in [0.2, 0.25) is 11.8 Å². The van der Waals surface area contributed by atoms with Crippen molar-refractivity contribution in [1.82, 2.24) is 9.80 Å². The second kappa shape index (κ2) is 7.25. The number of carbonyl (C=O) groups is 2. The van der Waals surface area contributed by atoms with Crippen molar-refractivity contribution in [3.8, 4) is 0 Å². The molecule has 2 N–H and O–H groups in total. The van der Waals surface area contributed by atoms with Crippen molar-refractivity contribution in [2.45, 2.75) is 51.0 Å². The van der Waals surface area contributed by atoms with Gasteiger partial charge in [-0.1, -0.05) is 19.3 Å². The average molecular weight is 295 g/mol. The number of carbonyl (C=O) groups excluding carboxylic acids is 2. The van der Waals surface area contributed by atoms with Crippen molar-refractivity contribution in [1.29, 1.82) is 0 Å². The maximum absolute atomic E-state index is 12.7. The fourth-order valence-corrected chi connectivity index (χ4v) is 3.59. The van der Waals surface area contributed by atoms with Crippen LogP contribution >= 0.6 is 0 Å². The van der Waals surface area contributed by atoms with E-state index in [4.69, 9.17) is 5.73 Å². The molecule has 1 heterocycles. The van der Waals surface area contributed by atoms with E-state index >= 15 is 0 Å². The monoisotopic (exact) mass is 295 g/mol. The Morgan fingerprint density at radius 1 is 1.00 bits per heavy atom. The molecule has 1 saturated carbocycles. The Morgan fingerprint density at radius 2 is 1.62 bits per heavy atom. The van der Waals surface area contributed by atoms with Crippen molar-refractivity contribution in [3.05, 3.63) is 0 Å². The van der Waals surface area contributed by atoms with Crippen LogP contribution in [-0.4, -0.2) is 54.8 Å². The van der Waals surface area contributed by atoms with E-state index in [0.29, 0.717) is 13.1 Å². The normalized spacial score (nSPS) is 28.0. The number of nitrogens with two attached hydrogens (primary N) is 1. The Kier molecular flexibility index (Phi) is 5.62. The summed E-state index contributed by atoms with van der Waals surface area (Å²) in [4.78, 5) is 28.2. The lowest BCUT2D eigenvalue weighted by atomic mass is 9.91. The quantitative estimate of drug-likeness (QED) is 0.779. The van der Waals surface area contributed by atoms with E-state index in [1.807, 2.05) is 4.90 Å². The zero-order chi connectivity index (χ0) is 15.4. The topological polar surface area (TPSA) is 66.6 Å². The number of amides is 2. The lowest BCUT2D eigenvalue weighted by molar-refractivity contribution is -0.142. The van der Waals surface area contributed by atoms with Gasteiger partial charge in [-0.2, -0.15) is 0 Å². The van der Waals surface area contributed by atoms with Gasteiger partial charge < -0.3 is 15.5 Å². The number of piperidine rings is 1. The maximum atomic E-state index is 12.7. The average Bonchev–Trinajstić information content (AvgIpc) is 2.70. The number of hydrogen-bond acceptors (Lipinski definition) is 3. The van der Waals surface area contributed by atoms with Crippen LogP contribution in [-0.2, 0) is 9.59 Å². The van der Waals surface area contributed by atoms with Gasteiger partial charge in [0.05, 0.1) is 5.92 Å². The summed E-state index contributed by atoms with van der Waals surface area (Å²) >= 11 is 0. The molecular weight excluding hydrogens is 266 g/mol. The van der Waals surface area contributed by atoms with E-state index < -0.39 is 0 Å². The van der Waals surface area contributed by atoms with Gasteiger partial charge in [0.1, 0.15) is 0 Å². The van der Waals surface area contributed by atoms with Crippen molar-refractivity contribution >= 4 is 11.8 Å². The summed E-state index contributed by atoms with van der Waals surface area (Å²) in [5.41, 5.74) is 6.19. The van der Waals surface area contributed by atoms with Gasteiger partial charge in [-0.15, -0.1) is 0 Å². The summed E-state index contributed by atoms with van der Waals surface area (Å²) in [7, 11) is 3.59. The molecule has 0 radical (unpaired) electrons. The smallest absolute Gasteiger partial charge is 0.227 e. The van der Waals surface area contributed by atoms with Crippen LogP contribution in [0.1, 0.15) is 44.9 Å². The first-order valence-corrected chi connectivity index (χ1v) is 8.26. The SMILES string of the molecule is CN(C)C(=O)C1CCN(C(=O)C2CCCCCC2N)CC1. The predicted octanol–water partition coefficient (Wildman–Crippen LogP) is 1.22. The molecule has 1 saturated heterocycles. The first-order valence-electron chi connectivity index (χ1n) is 8.26. The van der Waals surface area contributed by atoms with E-state index in [-0.39, 0.29) is 29.7 Å². The maximum Gasteiger partial charge on any atom is 0.227 e. The minimum Gasteiger partial charge on any atom is -0.349 e. The van der Waals surface area contributed by atoms with Crippen LogP contribution in [0.4, 0.5) is 0 Å². The number of rotatable bonds is 2. The van der Waals surface area contributed by atoms with Gasteiger partial charge in [-0.25, -0.2) is 0 Å². The van der Waals surface area contributed by atoms with Gasteiger partial charge in [-0.05, 0) is 25.7 Å². The molecule has 0 aromatic carbocycles. The summed E-state index contributed by atoms with van der Waals surface area (Å²) in [6.07, 6.45) is 6.90. The Balaban J connectivity index is 1.89. The summed E-state index contributed by atoms with van der Waals surface area (Å²) in [5.74, 6) is 0.480. The summed E-state index contributed by atoms with van der Waals surface area (Å²) in [6.45, 7) is 1.40. The molecule has 120 valence electrons. The fourth-order valence-electron chi connectivity index (χ4n) is 3.59. The molecule has 1 aliphatic carbocycles. The van der Waals surface area contributed by atoms with Crippen molar-refractivity contribution in [2.24, 2.45) is 17.6 Å². The van der Waals surface area contributed by atoms with Crippen LogP contribution in [0.25, 0.3) is 0 Å². The lowest BCUT2D eigenvalue weighted by Gasteiger charge is -2.35. The first-order chi connectivity index (χ1) is 10.0. The third kappa shape index (κ3) is 3.96. The number of nitrogens with zero attached hydrogens (tertiary/aromatic N) is 2. The minimum atomic E-state index is -0.00593. The van der Waals surface area contributed by atoms with Crippen molar-refractivity contribution in [3.63, 3.8) is 0 Å². The van der Waals surface area contributed by atoms with Crippen molar-refractivity contribution < 1.29 is 9.59 Å². The second-order valence-corrected chi connectivity index (χ2v) is 6.74. The molecule has 5 nitrogen and oxygen atoms in total. The highest BCUT2D eigenvalue weighted by atomic mass is 16.2. The first kappa shape index (κ1) is 16.3. The molecule has 2 amide bonds. The van der Waals surface area contributed by atoms with Gasteiger partial charge in [0, 0.05) is 39.1 Å². The molecule has 0 aromatic heterocycles. The molecule has 2 unspecified atom stereocenters. The van der Waals surface area contributed by atoms with E-state index in [1.165, 1.54) is 6.42 Å². The summed E-state index contributed by atoms with van der Waals surface area (Å²) < 4.78 is 0. The Labute approximate surface area is 127 Å². The molecule has 2 fully saturated rings. The molecule has 21 heavy (non-hydrogen) atoms. The third-order valence-corrected chi connectivity index (χ3v) is 4.98. The van der Waals surface area contributed by atoms with Crippen LogP contribution < -0.4 is 5.73 Å². The molecule has 2 aliphatic rings. The molecule has 0 aromatic rings. The predicted molar refractivity (Wildman–Crippen MR) is 82.5 cm³/mol. The highest BCUT2D eigenvalue weighted by Crippen LogP contribution is 2.26. The highest BCUT2D eigenvalue weighted by molar-refractivity contribution is 5.81. The van der Waals surface area contributed by atoms with E-state index in [1.54, 1.807) is 19.0 Å². The largest absolute Gasteiger partial charge is 0.349 e.